The average molecular weight is 253 g/mol. The van der Waals surface area contributed by atoms with Crippen molar-refractivity contribution < 1.29 is 4.79 Å². The van der Waals surface area contributed by atoms with Crippen molar-refractivity contribution in [3.8, 4) is 0 Å². The number of amides is 1. The van der Waals surface area contributed by atoms with Crippen LogP contribution in [0.4, 0.5) is 0 Å². The summed E-state index contributed by atoms with van der Waals surface area (Å²) in [6.07, 6.45) is 3.08. The molecule has 0 atom stereocenters. The zero-order valence-corrected chi connectivity index (χ0v) is 11.0. The molecule has 2 rings (SSSR count). The van der Waals surface area contributed by atoms with Crippen molar-refractivity contribution >= 4 is 17.5 Å². The Balaban J connectivity index is 2.14. The van der Waals surface area contributed by atoms with Crippen LogP contribution in [0.5, 0.6) is 0 Å². The van der Waals surface area contributed by atoms with Gasteiger partial charge in [-0.2, -0.15) is 0 Å². The fraction of sp³-hybridized carbons (Fsp3) is 0.538. The molecular formula is C13H17ClN2O. The maximum atomic E-state index is 12.1. The van der Waals surface area contributed by atoms with Crippen LogP contribution in [0.2, 0.25) is 0 Å². The van der Waals surface area contributed by atoms with E-state index in [-0.39, 0.29) is 11.4 Å². The van der Waals surface area contributed by atoms with E-state index in [9.17, 15) is 4.79 Å². The first-order valence-corrected chi connectivity index (χ1v) is 6.42. The first-order chi connectivity index (χ1) is 8.06. The first-order valence-electron chi connectivity index (χ1n) is 5.89. The van der Waals surface area contributed by atoms with E-state index in [0.717, 1.165) is 30.7 Å². The van der Waals surface area contributed by atoms with Gasteiger partial charge in [0.15, 0.2) is 0 Å². The van der Waals surface area contributed by atoms with Crippen LogP contribution in [0, 0.1) is 13.8 Å². The van der Waals surface area contributed by atoms with Gasteiger partial charge in [0.2, 0.25) is 0 Å². The highest BCUT2D eigenvalue weighted by atomic mass is 35.5. The molecule has 0 radical (unpaired) electrons. The molecule has 0 bridgehead atoms. The average Bonchev–Trinajstić information content (AvgIpc) is 2.23. The number of carbonyl (C=O) groups excluding carboxylic acids is 1. The van der Waals surface area contributed by atoms with Crippen molar-refractivity contribution in [1.82, 2.24) is 10.3 Å². The number of halogens is 1. The van der Waals surface area contributed by atoms with Gasteiger partial charge in [-0.1, -0.05) is 0 Å². The minimum atomic E-state index is -0.185. The molecule has 1 N–H and O–H groups in total. The Morgan fingerprint density at radius 3 is 2.65 bits per heavy atom. The lowest BCUT2D eigenvalue weighted by Gasteiger charge is -2.41. The smallest absolute Gasteiger partial charge is 0.253 e. The Morgan fingerprint density at radius 2 is 2.18 bits per heavy atom. The van der Waals surface area contributed by atoms with Crippen LogP contribution in [-0.2, 0) is 0 Å². The molecule has 92 valence electrons. The normalized spacial score (nSPS) is 17.4. The summed E-state index contributed by atoms with van der Waals surface area (Å²) in [6.45, 7) is 3.77. The third-order valence-corrected chi connectivity index (χ3v) is 3.93. The third kappa shape index (κ3) is 2.44. The van der Waals surface area contributed by atoms with Gasteiger partial charge in [0.05, 0.1) is 16.8 Å². The maximum absolute atomic E-state index is 12.1. The standard InChI is InChI=1S/C13H17ClN2O/c1-9-4-5-11(10(2)15-9)12(17)16-13(8-14)6-3-7-13/h4-5H,3,6-8H2,1-2H3,(H,16,17). The quantitative estimate of drug-likeness (QED) is 0.841. The Hall–Kier alpha value is -1.09. The molecule has 17 heavy (non-hydrogen) atoms. The number of rotatable bonds is 3. The molecule has 0 aromatic carbocycles. The number of hydrogen-bond donors (Lipinski definition) is 1. The van der Waals surface area contributed by atoms with Gasteiger partial charge < -0.3 is 5.32 Å². The van der Waals surface area contributed by atoms with E-state index in [0.29, 0.717) is 11.4 Å². The minimum Gasteiger partial charge on any atom is -0.345 e. The summed E-state index contributed by atoms with van der Waals surface area (Å²) in [6, 6.07) is 3.68. The number of hydrogen-bond acceptors (Lipinski definition) is 2. The predicted octanol–water partition coefficient (Wildman–Crippen LogP) is 2.59. The van der Waals surface area contributed by atoms with E-state index in [1.54, 1.807) is 0 Å². The molecule has 1 amide bonds. The highest BCUT2D eigenvalue weighted by molar-refractivity contribution is 6.19. The first kappa shape index (κ1) is 12.4. The van der Waals surface area contributed by atoms with Gasteiger partial charge in [0, 0.05) is 11.6 Å². The SMILES string of the molecule is Cc1ccc(C(=O)NC2(CCl)CCC2)c(C)n1. The summed E-state index contributed by atoms with van der Waals surface area (Å²) in [5, 5.41) is 3.05. The number of nitrogens with one attached hydrogen (secondary N) is 1. The number of aromatic nitrogens is 1. The highest BCUT2D eigenvalue weighted by Gasteiger charge is 2.37. The lowest BCUT2D eigenvalue weighted by atomic mass is 9.78. The number of nitrogens with zero attached hydrogens (tertiary/aromatic N) is 1. The van der Waals surface area contributed by atoms with Crippen molar-refractivity contribution in [3.63, 3.8) is 0 Å². The molecule has 3 nitrogen and oxygen atoms in total. The second-order valence-electron chi connectivity index (χ2n) is 4.81. The van der Waals surface area contributed by atoms with Crippen LogP contribution in [-0.4, -0.2) is 22.3 Å². The van der Waals surface area contributed by atoms with E-state index >= 15 is 0 Å². The molecule has 1 fully saturated rings. The van der Waals surface area contributed by atoms with Gasteiger partial charge in [-0.3, -0.25) is 9.78 Å². The highest BCUT2D eigenvalue weighted by Crippen LogP contribution is 2.33. The maximum Gasteiger partial charge on any atom is 0.253 e. The second-order valence-corrected chi connectivity index (χ2v) is 5.07. The molecular weight excluding hydrogens is 236 g/mol. The van der Waals surface area contributed by atoms with Crippen LogP contribution >= 0.6 is 11.6 Å². The number of carbonyl (C=O) groups is 1. The molecule has 1 heterocycles. The summed E-state index contributed by atoms with van der Waals surface area (Å²) in [5.41, 5.74) is 2.16. The van der Waals surface area contributed by atoms with Crippen molar-refractivity contribution in [2.45, 2.75) is 38.6 Å². The molecule has 1 aromatic heterocycles. The number of alkyl halides is 1. The van der Waals surface area contributed by atoms with Crippen molar-refractivity contribution in [2.24, 2.45) is 0 Å². The summed E-state index contributed by atoms with van der Waals surface area (Å²) < 4.78 is 0. The summed E-state index contributed by atoms with van der Waals surface area (Å²) in [7, 11) is 0. The van der Waals surface area contributed by atoms with Gasteiger partial charge in [-0.25, -0.2) is 0 Å². The molecule has 1 aliphatic rings. The molecule has 1 aliphatic carbocycles. The van der Waals surface area contributed by atoms with Crippen LogP contribution in [0.15, 0.2) is 12.1 Å². The van der Waals surface area contributed by atoms with Gasteiger partial charge in [-0.05, 0) is 45.2 Å². The Bertz CT molecular complexity index is 436. The topological polar surface area (TPSA) is 42.0 Å². The van der Waals surface area contributed by atoms with E-state index in [1.807, 2.05) is 26.0 Å². The van der Waals surface area contributed by atoms with Gasteiger partial charge in [0.25, 0.3) is 5.91 Å². The second kappa shape index (κ2) is 4.65. The number of aryl methyl sites for hydroxylation is 2. The van der Waals surface area contributed by atoms with Crippen molar-refractivity contribution in [2.75, 3.05) is 5.88 Å². The van der Waals surface area contributed by atoms with Crippen molar-refractivity contribution in [1.29, 1.82) is 0 Å². The largest absolute Gasteiger partial charge is 0.345 e. The third-order valence-electron chi connectivity index (χ3n) is 3.41. The molecule has 0 saturated heterocycles. The molecule has 4 heteroatoms. The lowest BCUT2D eigenvalue weighted by molar-refractivity contribution is 0.0853. The van der Waals surface area contributed by atoms with E-state index in [1.165, 1.54) is 0 Å². The lowest BCUT2D eigenvalue weighted by Crippen LogP contribution is -2.55. The van der Waals surface area contributed by atoms with E-state index in [4.69, 9.17) is 11.6 Å². The van der Waals surface area contributed by atoms with Crippen LogP contribution < -0.4 is 5.32 Å². The van der Waals surface area contributed by atoms with Crippen LogP contribution in [0.25, 0.3) is 0 Å². The Morgan fingerprint density at radius 1 is 1.47 bits per heavy atom. The zero-order valence-electron chi connectivity index (χ0n) is 10.2. The zero-order chi connectivity index (χ0) is 12.5. The molecule has 0 spiro atoms. The van der Waals surface area contributed by atoms with Crippen molar-refractivity contribution in [3.05, 3.63) is 29.1 Å². The van der Waals surface area contributed by atoms with Gasteiger partial charge in [0.1, 0.15) is 0 Å². The fourth-order valence-corrected chi connectivity index (χ4v) is 2.46. The molecule has 0 aliphatic heterocycles. The monoisotopic (exact) mass is 252 g/mol. The Kier molecular flexibility index (Phi) is 3.38. The summed E-state index contributed by atoms with van der Waals surface area (Å²) >= 11 is 5.93. The summed E-state index contributed by atoms with van der Waals surface area (Å²) in [4.78, 5) is 16.4. The van der Waals surface area contributed by atoms with Gasteiger partial charge in [-0.15, -0.1) is 11.6 Å². The molecule has 1 aromatic rings. The fourth-order valence-electron chi connectivity index (χ4n) is 2.13. The van der Waals surface area contributed by atoms with Gasteiger partial charge >= 0.3 is 0 Å². The van der Waals surface area contributed by atoms with E-state index in [2.05, 4.69) is 10.3 Å². The number of pyridine rings is 1. The predicted molar refractivity (Wildman–Crippen MR) is 68.5 cm³/mol. The van der Waals surface area contributed by atoms with E-state index < -0.39 is 0 Å². The summed E-state index contributed by atoms with van der Waals surface area (Å²) in [5.74, 6) is 0.423. The van der Waals surface area contributed by atoms with Crippen LogP contribution in [0.1, 0.15) is 41.0 Å². The minimum absolute atomic E-state index is 0.0599. The molecule has 1 saturated carbocycles. The Labute approximate surface area is 107 Å². The van der Waals surface area contributed by atoms with Crippen LogP contribution in [0.3, 0.4) is 0 Å². The molecule has 0 unspecified atom stereocenters.